The van der Waals surface area contributed by atoms with Crippen molar-refractivity contribution in [2.75, 3.05) is 72.7 Å². The van der Waals surface area contributed by atoms with Crippen LogP contribution >= 0.6 is 11.8 Å². The van der Waals surface area contributed by atoms with E-state index in [4.69, 9.17) is 4.74 Å². The molecule has 4 aliphatic rings. The maximum atomic E-state index is 14.4. The van der Waals surface area contributed by atoms with Gasteiger partial charge in [0.1, 0.15) is 6.04 Å². The summed E-state index contributed by atoms with van der Waals surface area (Å²) in [5, 5.41) is 9.39. The molecule has 4 heterocycles. The Kier molecular flexibility index (Phi) is 9.27. The number of nitrogens with zero attached hydrogens (tertiary/aromatic N) is 4. The number of aliphatic hydroxyl groups is 1. The standard InChI is InChI=1S/C28H44N4O5S/c1-5-11-29(4)24(34)21-22-25(35)32(13-7-8-18-33)23(28(22)10-9-27(21,3)38-28)26(36)31(12-6-2)15-14-30-16-19-37-20-17-30/h5-6,21-23,33H,1-2,7-20H2,3-4H3/t21-,22-,23?,27+,28?/m0/s1. The first-order chi connectivity index (χ1) is 18.2. The van der Waals surface area contributed by atoms with Crippen LogP contribution in [0.15, 0.2) is 25.3 Å². The highest BCUT2D eigenvalue weighted by Gasteiger charge is 2.77. The number of morpholine rings is 1. The third-order valence-electron chi connectivity index (χ3n) is 8.81. The molecule has 1 spiro atoms. The van der Waals surface area contributed by atoms with Crippen molar-refractivity contribution in [2.24, 2.45) is 11.8 Å². The van der Waals surface area contributed by atoms with E-state index in [0.29, 0.717) is 52.2 Å². The number of ether oxygens (including phenoxy) is 1. The van der Waals surface area contributed by atoms with E-state index in [1.807, 2.05) is 4.90 Å². The predicted molar refractivity (Wildman–Crippen MR) is 149 cm³/mol. The van der Waals surface area contributed by atoms with Crippen LogP contribution in [0.5, 0.6) is 0 Å². The van der Waals surface area contributed by atoms with Crippen LogP contribution in [0.2, 0.25) is 0 Å². The number of hydrogen-bond acceptors (Lipinski definition) is 7. The topological polar surface area (TPSA) is 93.6 Å². The molecule has 0 aliphatic carbocycles. The van der Waals surface area contributed by atoms with Crippen molar-refractivity contribution in [1.82, 2.24) is 19.6 Å². The molecule has 0 aromatic rings. The fourth-order valence-corrected chi connectivity index (χ4v) is 9.29. The Labute approximate surface area is 231 Å². The second-order valence-electron chi connectivity index (χ2n) is 11.2. The minimum atomic E-state index is -0.629. The minimum Gasteiger partial charge on any atom is -0.396 e. The summed E-state index contributed by atoms with van der Waals surface area (Å²) >= 11 is 1.70. The molecule has 0 radical (unpaired) electrons. The molecular formula is C28H44N4O5S. The van der Waals surface area contributed by atoms with E-state index in [0.717, 1.165) is 32.5 Å². The van der Waals surface area contributed by atoms with Crippen molar-refractivity contribution in [1.29, 1.82) is 0 Å². The van der Waals surface area contributed by atoms with E-state index in [9.17, 15) is 19.5 Å². The number of hydrogen-bond donors (Lipinski definition) is 1. The first-order valence-corrected chi connectivity index (χ1v) is 14.7. The van der Waals surface area contributed by atoms with E-state index in [1.165, 1.54) is 0 Å². The van der Waals surface area contributed by atoms with Gasteiger partial charge in [-0.1, -0.05) is 12.2 Å². The Morgan fingerprint density at radius 2 is 1.84 bits per heavy atom. The van der Waals surface area contributed by atoms with Crippen molar-refractivity contribution in [3.8, 4) is 0 Å². The average molecular weight is 549 g/mol. The van der Waals surface area contributed by atoms with Gasteiger partial charge < -0.3 is 24.5 Å². The number of fused-ring (bicyclic) bond motifs is 1. The van der Waals surface area contributed by atoms with Gasteiger partial charge in [0.2, 0.25) is 17.7 Å². The SMILES string of the molecule is C=CCN(C)C(=O)[C@@H]1[C@H]2C(=O)N(CCCCO)C(C(=O)N(CC=C)CCN3CCOCC3)C23CC[C@@]1(C)S3. The maximum absolute atomic E-state index is 14.4. The second-order valence-corrected chi connectivity index (χ2v) is 13.1. The van der Waals surface area contributed by atoms with Crippen LogP contribution in [0.25, 0.3) is 0 Å². The number of aliphatic hydroxyl groups excluding tert-OH is 1. The van der Waals surface area contributed by atoms with E-state index in [1.54, 1.807) is 40.8 Å². The lowest BCUT2D eigenvalue weighted by Gasteiger charge is -2.38. The van der Waals surface area contributed by atoms with Gasteiger partial charge >= 0.3 is 0 Å². The summed E-state index contributed by atoms with van der Waals surface area (Å²) in [7, 11) is 1.76. The Morgan fingerprint density at radius 3 is 2.50 bits per heavy atom. The van der Waals surface area contributed by atoms with Crippen molar-refractivity contribution >= 4 is 29.5 Å². The molecule has 10 heteroatoms. The summed E-state index contributed by atoms with van der Waals surface area (Å²) < 4.78 is 4.45. The van der Waals surface area contributed by atoms with Crippen LogP contribution in [0.3, 0.4) is 0 Å². The van der Waals surface area contributed by atoms with Gasteiger partial charge in [0.25, 0.3) is 0 Å². The zero-order valence-corrected chi connectivity index (χ0v) is 23.8. The zero-order valence-electron chi connectivity index (χ0n) is 23.0. The second kappa shape index (κ2) is 12.1. The lowest BCUT2D eigenvalue weighted by Crippen LogP contribution is -2.56. The molecule has 2 unspecified atom stereocenters. The molecule has 4 saturated heterocycles. The summed E-state index contributed by atoms with van der Waals surface area (Å²) in [5.74, 6) is -1.19. The third-order valence-corrected chi connectivity index (χ3v) is 10.8. The predicted octanol–water partition coefficient (Wildman–Crippen LogP) is 1.23. The molecule has 3 amide bonds. The van der Waals surface area contributed by atoms with Crippen LogP contribution in [0.1, 0.15) is 32.6 Å². The number of thioether (sulfide) groups is 1. The van der Waals surface area contributed by atoms with Gasteiger partial charge in [-0.05, 0) is 32.6 Å². The van der Waals surface area contributed by atoms with E-state index >= 15 is 0 Å². The number of rotatable bonds is 13. The Bertz CT molecular complexity index is 927. The third kappa shape index (κ3) is 5.17. The maximum Gasteiger partial charge on any atom is 0.247 e. The van der Waals surface area contributed by atoms with Gasteiger partial charge in [-0.2, -0.15) is 0 Å². The van der Waals surface area contributed by atoms with Crippen molar-refractivity contribution in [3.63, 3.8) is 0 Å². The Balaban J connectivity index is 1.65. The molecule has 0 saturated carbocycles. The Morgan fingerprint density at radius 1 is 1.13 bits per heavy atom. The first-order valence-electron chi connectivity index (χ1n) is 13.9. The molecule has 5 atom stereocenters. The monoisotopic (exact) mass is 548 g/mol. The van der Waals surface area contributed by atoms with Crippen LogP contribution in [0, 0.1) is 11.8 Å². The molecule has 0 aromatic carbocycles. The lowest BCUT2D eigenvalue weighted by atomic mass is 9.66. The summed E-state index contributed by atoms with van der Waals surface area (Å²) in [5.41, 5.74) is 0. The summed E-state index contributed by atoms with van der Waals surface area (Å²) in [6, 6.07) is -0.627. The van der Waals surface area contributed by atoms with E-state index in [-0.39, 0.29) is 29.1 Å². The smallest absolute Gasteiger partial charge is 0.247 e. The largest absolute Gasteiger partial charge is 0.396 e. The highest BCUT2D eigenvalue weighted by atomic mass is 32.2. The van der Waals surface area contributed by atoms with Gasteiger partial charge in [0, 0.05) is 64.2 Å². The van der Waals surface area contributed by atoms with Gasteiger partial charge in [-0.3, -0.25) is 19.3 Å². The van der Waals surface area contributed by atoms with Crippen LogP contribution < -0.4 is 0 Å². The van der Waals surface area contributed by atoms with Crippen molar-refractivity contribution in [2.45, 2.75) is 48.1 Å². The normalized spacial score (nSPS) is 32.3. The number of unbranched alkanes of at least 4 members (excludes halogenated alkanes) is 1. The van der Waals surface area contributed by atoms with Crippen LogP contribution in [-0.4, -0.2) is 131 Å². The number of carbonyl (C=O) groups is 3. The average Bonchev–Trinajstić information content (AvgIpc) is 3.47. The van der Waals surface area contributed by atoms with Gasteiger partial charge in [-0.15, -0.1) is 24.9 Å². The zero-order chi connectivity index (χ0) is 27.5. The van der Waals surface area contributed by atoms with Crippen LogP contribution in [0.4, 0.5) is 0 Å². The molecule has 4 rings (SSSR count). The van der Waals surface area contributed by atoms with Crippen molar-refractivity contribution < 1.29 is 24.2 Å². The molecule has 4 fully saturated rings. The number of likely N-dealkylation sites (tertiary alicyclic amines) is 1. The molecule has 9 nitrogen and oxygen atoms in total. The van der Waals surface area contributed by atoms with Crippen LogP contribution in [-0.2, 0) is 19.1 Å². The number of amides is 3. The number of likely N-dealkylation sites (N-methyl/N-ethyl adjacent to an activating group) is 1. The lowest BCUT2D eigenvalue weighted by molar-refractivity contribution is -0.145. The van der Waals surface area contributed by atoms with Gasteiger partial charge in [0.15, 0.2) is 0 Å². The molecule has 38 heavy (non-hydrogen) atoms. The van der Waals surface area contributed by atoms with Crippen molar-refractivity contribution in [3.05, 3.63) is 25.3 Å². The highest BCUT2D eigenvalue weighted by molar-refractivity contribution is 8.02. The summed E-state index contributed by atoms with van der Waals surface area (Å²) in [4.78, 5) is 49.8. The molecular weight excluding hydrogens is 504 g/mol. The summed E-state index contributed by atoms with van der Waals surface area (Å²) in [6.07, 6.45) is 6.14. The summed E-state index contributed by atoms with van der Waals surface area (Å²) in [6.45, 7) is 15.4. The Hall–Kier alpha value is -1.88. The quantitative estimate of drug-likeness (QED) is 0.273. The fraction of sp³-hybridized carbons (Fsp3) is 0.750. The molecule has 2 bridgehead atoms. The number of carbonyl (C=O) groups excluding carboxylic acids is 3. The molecule has 1 N–H and O–H groups in total. The molecule has 4 aliphatic heterocycles. The van der Waals surface area contributed by atoms with E-state index in [2.05, 4.69) is 25.0 Å². The molecule has 0 aromatic heterocycles. The first kappa shape index (κ1) is 29.1. The fourth-order valence-electron chi connectivity index (χ4n) is 6.94. The van der Waals surface area contributed by atoms with E-state index < -0.39 is 22.6 Å². The highest BCUT2D eigenvalue weighted by Crippen LogP contribution is 2.71. The van der Waals surface area contributed by atoms with Gasteiger partial charge in [-0.25, -0.2) is 0 Å². The van der Waals surface area contributed by atoms with Gasteiger partial charge in [0.05, 0.1) is 29.8 Å². The molecule has 212 valence electrons. The minimum absolute atomic E-state index is 0.0393.